The molecule has 1 rings (SSSR count). The molecular weight excluding hydrogens is 204 g/mol. The number of allylic oxidation sites excluding steroid dienone is 2. The summed E-state index contributed by atoms with van der Waals surface area (Å²) >= 11 is 0. The number of hydrogen-bond donors (Lipinski definition) is 0. The van der Waals surface area contributed by atoms with Crippen LogP contribution in [0.3, 0.4) is 0 Å². The maximum absolute atomic E-state index is 10.9. The molecule has 0 aliphatic carbocycles. The van der Waals surface area contributed by atoms with Crippen LogP contribution in [0.25, 0.3) is 6.08 Å². The molecule has 0 N–H and O–H groups in total. The molecule has 82 valence electrons. The van der Waals surface area contributed by atoms with Crippen molar-refractivity contribution in [2.75, 3.05) is 0 Å². The van der Waals surface area contributed by atoms with Gasteiger partial charge in [-0.2, -0.15) is 0 Å². The highest BCUT2D eigenvalue weighted by Gasteiger charge is 1.96. The van der Waals surface area contributed by atoms with Gasteiger partial charge in [-0.25, -0.2) is 4.79 Å². The van der Waals surface area contributed by atoms with Gasteiger partial charge in [0.05, 0.1) is 12.5 Å². The Balaban J connectivity index is 2.34. The fourth-order valence-electron chi connectivity index (χ4n) is 0.910. The highest BCUT2D eigenvalue weighted by atomic mass is 16.7. The number of ether oxygens (including phenoxy) is 2. The van der Waals surface area contributed by atoms with Gasteiger partial charge in [0.2, 0.25) is 0 Å². The van der Waals surface area contributed by atoms with Gasteiger partial charge in [-0.05, 0) is 17.7 Å². The summed E-state index contributed by atoms with van der Waals surface area (Å²) < 4.78 is 9.22. The number of hydrogen-bond acceptors (Lipinski definition) is 3. The van der Waals surface area contributed by atoms with Crippen LogP contribution in [0.2, 0.25) is 0 Å². The van der Waals surface area contributed by atoms with Gasteiger partial charge in [0.1, 0.15) is 0 Å². The van der Waals surface area contributed by atoms with Crippen molar-refractivity contribution in [3.63, 3.8) is 0 Å². The predicted molar refractivity (Wildman–Crippen MR) is 62.4 cm³/mol. The monoisotopic (exact) mass is 216 g/mol. The minimum absolute atomic E-state index is 0.787. The Labute approximate surface area is 94.3 Å². The molecule has 0 aromatic heterocycles. The Hall–Kier alpha value is -2.29. The van der Waals surface area contributed by atoms with E-state index in [4.69, 9.17) is 0 Å². The van der Waals surface area contributed by atoms with Crippen molar-refractivity contribution in [1.82, 2.24) is 0 Å². The fraction of sp³-hybridized carbons (Fsp3) is 0. The van der Waals surface area contributed by atoms with E-state index in [-0.39, 0.29) is 0 Å². The van der Waals surface area contributed by atoms with E-state index in [0.717, 1.165) is 5.56 Å². The lowest BCUT2D eigenvalue weighted by atomic mass is 10.2. The average Bonchev–Trinajstić information content (AvgIpc) is 2.31. The van der Waals surface area contributed by atoms with Crippen molar-refractivity contribution < 1.29 is 14.3 Å². The highest BCUT2D eigenvalue weighted by molar-refractivity contribution is 5.62. The summed E-state index contributed by atoms with van der Waals surface area (Å²) in [4.78, 5) is 10.9. The smallest absolute Gasteiger partial charge is 0.403 e. The first-order chi connectivity index (χ1) is 7.83. The summed E-state index contributed by atoms with van der Waals surface area (Å²) in [6, 6.07) is 9.48. The third-order valence-electron chi connectivity index (χ3n) is 1.60. The van der Waals surface area contributed by atoms with Crippen LogP contribution >= 0.6 is 0 Å². The molecule has 0 atom stereocenters. The van der Waals surface area contributed by atoms with Crippen molar-refractivity contribution in [1.29, 1.82) is 0 Å². The first kappa shape index (κ1) is 11.8. The summed E-state index contributed by atoms with van der Waals surface area (Å²) in [5, 5.41) is 0. The molecule has 0 heterocycles. The molecule has 3 nitrogen and oxygen atoms in total. The molecule has 0 bridgehead atoms. The van der Waals surface area contributed by atoms with Crippen LogP contribution in [-0.4, -0.2) is 6.16 Å². The molecule has 0 aliphatic heterocycles. The standard InChI is InChI=1S/C13H12O3/c1-2-3-10-15-13(14)16-11-9-12-7-5-4-6-8-12/h2-11H,1H2. The largest absolute Gasteiger partial charge is 0.518 e. The normalized spacial score (nSPS) is 10.5. The topological polar surface area (TPSA) is 35.5 Å². The highest BCUT2D eigenvalue weighted by Crippen LogP contribution is 2.01. The molecule has 1 aromatic rings. The molecule has 0 unspecified atom stereocenters. The Morgan fingerprint density at radius 2 is 1.81 bits per heavy atom. The SMILES string of the molecule is C=CC=COC(=O)OC=Cc1ccccc1. The minimum Gasteiger partial charge on any atom is -0.403 e. The molecule has 0 spiro atoms. The van der Waals surface area contributed by atoms with Crippen molar-refractivity contribution in [2.45, 2.75) is 0 Å². The van der Waals surface area contributed by atoms with Crippen LogP contribution in [0.15, 0.2) is 61.6 Å². The fourth-order valence-corrected chi connectivity index (χ4v) is 0.910. The number of carbonyl (C=O) groups excluding carboxylic acids is 1. The van der Waals surface area contributed by atoms with Gasteiger partial charge in [-0.1, -0.05) is 43.0 Å². The predicted octanol–water partition coefficient (Wildman–Crippen LogP) is 3.51. The van der Waals surface area contributed by atoms with Gasteiger partial charge in [0, 0.05) is 0 Å². The van der Waals surface area contributed by atoms with E-state index in [0.29, 0.717) is 0 Å². The average molecular weight is 216 g/mol. The van der Waals surface area contributed by atoms with Crippen molar-refractivity contribution >= 4 is 12.2 Å². The molecule has 0 aliphatic rings. The van der Waals surface area contributed by atoms with E-state index in [1.165, 1.54) is 24.7 Å². The summed E-state index contributed by atoms with van der Waals surface area (Å²) in [6.07, 6.45) is 6.34. The second-order valence-corrected chi connectivity index (χ2v) is 2.76. The van der Waals surface area contributed by atoms with Gasteiger partial charge >= 0.3 is 6.16 Å². The molecule has 3 heteroatoms. The molecule has 1 aromatic carbocycles. The molecule has 0 saturated heterocycles. The first-order valence-corrected chi connectivity index (χ1v) is 4.69. The van der Waals surface area contributed by atoms with Crippen LogP contribution in [0.5, 0.6) is 0 Å². The summed E-state index contributed by atoms with van der Waals surface area (Å²) in [6.45, 7) is 3.43. The van der Waals surface area contributed by atoms with Crippen LogP contribution in [0.4, 0.5) is 4.79 Å². The van der Waals surface area contributed by atoms with E-state index in [1.54, 1.807) is 6.08 Å². The van der Waals surface area contributed by atoms with E-state index in [1.807, 2.05) is 30.3 Å². The molecule has 0 radical (unpaired) electrons. The van der Waals surface area contributed by atoms with Crippen molar-refractivity contribution in [2.24, 2.45) is 0 Å². The number of benzene rings is 1. The Bertz CT molecular complexity index is 391. The molecular formula is C13H12O3. The van der Waals surface area contributed by atoms with Gasteiger partial charge in [0.25, 0.3) is 0 Å². The lowest BCUT2D eigenvalue weighted by molar-refractivity contribution is 0.120. The maximum atomic E-state index is 10.9. The third kappa shape index (κ3) is 4.81. The number of carbonyl (C=O) groups is 1. The van der Waals surface area contributed by atoms with Gasteiger partial charge in [-0.3, -0.25) is 0 Å². The van der Waals surface area contributed by atoms with Crippen molar-refractivity contribution in [3.8, 4) is 0 Å². The lowest BCUT2D eigenvalue weighted by Crippen LogP contribution is -1.97. The van der Waals surface area contributed by atoms with Crippen LogP contribution in [0, 0.1) is 0 Å². The minimum atomic E-state index is -0.787. The zero-order chi connectivity index (χ0) is 11.6. The van der Waals surface area contributed by atoms with E-state index < -0.39 is 6.16 Å². The van der Waals surface area contributed by atoms with Crippen LogP contribution in [-0.2, 0) is 9.47 Å². The Kier molecular flexibility index (Phi) is 5.20. The van der Waals surface area contributed by atoms with Gasteiger partial charge in [0.15, 0.2) is 0 Å². The summed E-state index contributed by atoms with van der Waals surface area (Å²) in [7, 11) is 0. The van der Waals surface area contributed by atoms with E-state index >= 15 is 0 Å². The second kappa shape index (κ2) is 7.06. The second-order valence-electron chi connectivity index (χ2n) is 2.76. The van der Waals surface area contributed by atoms with Gasteiger partial charge < -0.3 is 9.47 Å². The first-order valence-electron chi connectivity index (χ1n) is 4.69. The summed E-state index contributed by atoms with van der Waals surface area (Å²) in [5.41, 5.74) is 0.942. The van der Waals surface area contributed by atoms with Crippen molar-refractivity contribution in [3.05, 3.63) is 67.2 Å². The molecule has 0 fully saturated rings. The van der Waals surface area contributed by atoms with Gasteiger partial charge in [-0.15, -0.1) is 0 Å². The molecule has 0 amide bonds. The Morgan fingerprint density at radius 3 is 2.50 bits per heavy atom. The Morgan fingerprint density at radius 1 is 1.12 bits per heavy atom. The zero-order valence-corrected chi connectivity index (χ0v) is 8.71. The van der Waals surface area contributed by atoms with Crippen LogP contribution in [0.1, 0.15) is 5.56 Å². The third-order valence-corrected chi connectivity index (χ3v) is 1.60. The quantitative estimate of drug-likeness (QED) is 0.439. The van der Waals surface area contributed by atoms with E-state index in [9.17, 15) is 4.79 Å². The van der Waals surface area contributed by atoms with Crippen LogP contribution < -0.4 is 0 Å². The molecule has 0 saturated carbocycles. The number of rotatable bonds is 4. The van der Waals surface area contributed by atoms with E-state index in [2.05, 4.69) is 16.1 Å². The molecule has 16 heavy (non-hydrogen) atoms. The summed E-state index contributed by atoms with van der Waals surface area (Å²) in [5.74, 6) is 0. The zero-order valence-electron chi connectivity index (χ0n) is 8.71. The lowest BCUT2D eigenvalue weighted by Gasteiger charge is -1.95. The maximum Gasteiger partial charge on any atom is 0.518 e.